The molecule has 4 heteroatoms. The molecule has 4 nitrogen and oxygen atoms in total. The van der Waals surface area contributed by atoms with E-state index in [4.69, 9.17) is 9.47 Å². The van der Waals surface area contributed by atoms with Crippen molar-refractivity contribution in [2.45, 2.75) is 44.3 Å². The van der Waals surface area contributed by atoms with E-state index in [-0.39, 0.29) is 0 Å². The van der Waals surface area contributed by atoms with Gasteiger partial charge in [0.15, 0.2) is 0 Å². The monoisotopic (exact) mass is 352 g/mol. The second-order valence-electron chi connectivity index (χ2n) is 7.47. The molecule has 0 spiro atoms. The van der Waals surface area contributed by atoms with Crippen LogP contribution >= 0.6 is 0 Å². The van der Waals surface area contributed by atoms with Gasteiger partial charge in [0.1, 0.15) is 11.9 Å². The van der Waals surface area contributed by atoms with E-state index >= 15 is 0 Å². The number of aryl methyl sites for hydroxylation is 1. The number of nitrogens with zero attached hydrogens (tertiary/aromatic N) is 2. The first kappa shape index (κ1) is 17.5. The number of hydrogen-bond donors (Lipinski definition) is 0. The highest BCUT2D eigenvalue weighted by Gasteiger charge is 2.27. The summed E-state index contributed by atoms with van der Waals surface area (Å²) < 4.78 is 11.3. The smallest absolute Gasteiger partial charge is 0.119 e. The van der Waals surface area contributed by atoms with Gasteiger partial charge in [0.2, 0.25) is 0 Å². The Labute approximate surface area is 156 Å². The Morgan fingerprint density at radius 1 is 1.08 bits per heavy atom. The molecule has 2 aromatic rings. The lowest BCUT2D eigenvalue weighted by atomic mass is 10.00. The molecular weight excluding hydrogens is 324 g/mol. The maximum Gasteiger partial charge on any atom is 0.119 e. The van der Waals surface area contributed by atoms with Crippen molar-refractivity contribution in [3.63, 3.8) is 0 Å². The first-order valence-electron chi connectivity index (χ1n) is 9.72. The lowest BCUT2D eigenvalue weighted by Gasteiger charge is -2.33. The molecule has 0 radical (unpaired) electrons. The van der Waals surface area contributed by atoms with Gasteiger partial charge < -0.3 is 14.4 Å². The summed E-state index contributed by atoms with van der Waals surface area (Å²) >= 11 is 0. The van der Waals surface area contributed by atoms with Crippen molar-refractivity contribution in [3.05, 3.63) is 59.4 Å². The second kappa shape index (κ2) is 8.19. The molecule has 1 aliphatic carbocycles. The zero-order valence-corrected chi connectivity index (χ0v) is 15.6. The molecule has 1 fully saturated rings. The molecule has 0 saturated carbocycles. The van der Waals surface area contributed by atoms with Crippen LogP contribution in [0.25, 0.3) is 0 Å². The molecule has 2 heterocycles. The van der Waals surface area contributed by atoms with Crippen molar-refractivity contribution < 1.29 is 9.47 Å². The Kier molecular flexibility index (Phi) is 5.51. The molecule has 1 aromatic carbocycles. The van der Waals surface area contributed by atoms with Crippen molar-refractivity contribution in [1.29, 1.82) is 0 Å². The van der Waals surface area contributed by atoms with Gasteiger partial charge in [0.05, 0.1) is 6.61 Å². The number of piperidine rings is 1. The number of likely N-dealkylation sites (tertiary alicyclic amines) is 1. The van der Waals surface area contributed by atoms with E-state index in [1.165, 1.54) is 23.2 Å². The van der Waals surface area contributed by atoms with Crippen LogP contribution in [0, 0.1) is 0 Å². The van der Waals surface area contributed by atoms with E-state index < -0.39 is 0 Å². The number of hydrogen-bond acceptors (Lipinski definition) is 4. The third kappa shape index (κ3) is 4.08. The van der Waals surface area contributed by atoms with Gasteiger partial charge >= 0.3 is 0 Å². The highest BCUT2D eigenvalue weighted by atomic mass is 16.5. The Bertz CT molecular complexity index is 708. The summed E-state index contributed by atoms with van der Waals surface area (Å²) in [5.41, 5.74) is 3.97. The second-order valence-corrected chi connectivity index (χ2v) is 7.47. The van der Waals surface area contributed by atoms with Crippen LogP contribution in [0.2, 0.25) is 0 Å². The highest BCUT2D eigenvalue weighted by Crippen LogP contribution is 2.33. The lowest BCUT2D eigenvalue weighted by molar-refractivity contribution is 0.0968. The fourth-order valence-electron chi connectivity index (χ4n) is 4.23. The van der Waals surface area contributed by atoms with Crippen molar-refractivity contribution in [1.82, 2.24) is 9.88 Å². The highest BCUT2D eigenvalue weighted by molar-refractivity contribution is 5.29. The number of fused-ring (bicyclic) bond motifs is 1. The third-order valence-corrected chi connectivity index (χ3v) is 5.65. The minimum absolute atomic E-state index is 0.331. The number of rotatable bonds is 6. The van der Waals surface area contributed by atoms with Gasteiger partial charge in [-0.15, -0.1) is 0 Å². The van der Waals surface area contributed by atoms with Gasteiger partial charge in [-0.25, -0.2) is 0 Å². The average molecular weight is 352 g/mol. The normalized spacial score (nSPS) is 20.9. The van der Waals surface area contributed by atoms with Crippen LogP contribution < -0.4 is 4.74 Å². The van der Waals surface area contributed by atoms with E-state index in [1.54, 1.807) is 7.11 Å². The van der Waals surface area contributed by atoms with Gasteiger partial charge in [-0.2, -0.15) is 0 Å². The summed E-state index contributed by atoms with van der Waals surface area (Å²) in [4.78, 5) is 7.14. The van der Waals surface area contributed by atoms with Gasteiger partial charge in [-0.05, 0) is 60.9 Å². The fourth-order valence-corrected chi connectivity index (χ4v) is 4.23. The molecule has 1 unspecified atom stereocenters. The molecule has 1 saturated heterocycles. The topological polar surface area (TPSA) is 34.6 Å². The van der Waals surface area contributed by atoms with Crippen LogP contribution in [0.15, 0.2) is 42.6 Å². The minimum atomic E-state index is 0.331. The predicted molar refractivity (Wildman–Crippen MR) is 103 cm³/mol. The molecular formula is C22H28N2O2. The van der Waals surface area contributed by atoms with Gasteiger partial charge in [0, 0.05) is 38.6 Å². The zero-order chi connectivity index (χ0) is 17.8. The molecule has 26 heavy (non-hydrogen) atoms. The van der Waals surface area contributed by atoms with Crippen LogP contribution in [-0.4, -0.2) is 42.7 Å². The van der Waals surface area contributed by atoms with Crippen LogP contribution in [0.4, 0.5) is 0 Å². The van der Waals surface area contributed by atoms with Crippen molar-refractivity contribution in [3.8, 4) is 5.75 Å². The largest absolute Gasteiger partial charge is 0.490 e. The molecule has 0 amide bonds. The lowest BCUT2D eigenvalue weighted by Crippen LogP contribution is -2.40. The average Bonchev–Trinajstić information content (AvgIpc) is 3.08. The van der Waals surface area contributed by atoms with E-state index in [9.17, 15) is 0 Å². The summed E-state index contributed by atoms with van der Waals surface area (Å²) in [6.07, 6.45) is 6.85. The molecule has 1 atom stereocenters. The van der Waals surface area contributed by atoms with E-state index in [0.717, 1.165) is 44.6 Å². The molecule has 4 rings (SSSR count). The van der Waals surface area contributed by atoms with E-state index in [2.05, 4.69) is 46.3 Å². The standard InChI is InChI=1S/C22H28N2O2/c1-25-16-17-4-7-19(8-5-17)26-20-10-13-24(14-11-20)15-18-6-9-22-21(18)3-2-12-23-22/h2-5,7-8,12,18,20H,6,9-11,13-16H2,1H3. The van der Waals surface area contributed by atoms with E-state index in [0.29, 0.717) is 18.6 Å². The first-order chi connectivity index (χ1) is 12.8. The molecule has 1 aromatic heterocycles. The molecule has 2 aliphatic rings. The van der Waals surface area contributed by atoms with Crippen LogP contribution in [0.5, 0.6) is 5.75 Å². The predicted octanol–water partition coefficient (Wildman–Crippen LogP) is 3.80. The number of methoxy groups -OCH3 is 1. The first-order valence-corrected chi connectivity index (χ1v) is 9.72. The number of aromatic nitrogens is 1. The van der Waals surface area contributed by atoms with Gasteiger partial charge in [0.25, 0.3) is 0 Å². The van der Waals surface area contributed by atoms with Crippen LogP contribution in [0.1, 0.15) is 42.0 Å². The summed E-state index contributed by atoms with van der Waals surface area (Å²) in [5.74, 6) is 1.63. The molecule has 0 N–H and O–H groups in total. The number of benzene rings is 1. The number of pyridine rings is 1. The molecule has 1 aliphatic heterocycles. The SMILES string of the molecule is COCc1ccc(OC2CCN(CC3CCc4ncccc43)CC2)cc1. The molecule has 0 bridgehead atoms. The molecule has 138 valence electrons. The number of ether oxygens (including phenoxy) is 2. The summed E-state index contributed by atoms with van der Waals surface area (Å²) in [6.45, 7) is 4.06. The summed E-state index contributed by atoms with van der Waals surface area (Å²) in [7, 11) is 1.72. The van der Waals surface area contributed by atoms with Crippen molar-refractivity contribution in [2.24, 2.45) is 0 Å². The Balaban J connectivity index is 1.25. The quantitative estimate of drug-likeness (QED) is 0.792. The maximum absolute atomic E-state index is 6.19. The van der Waals surface area contributed by atoms with Crippen molar-refractivity contribution in [2.75, 3.05) is 26.7 Å². The van der Waals surface area contributed by atoms with Gasteiger partial charge in [-0.3, -0.25) is 4.98 Å². The Morgan fingerprint density at radius 2 is 1.88 bits per heavy atom. The zero-order valence-electron chi connectivity index (χ0n) is 15.6. The Hall–Kier alpha value is -1.91. The minimum Gasteiger partial charge on any atom is -0.490 e. The third-order valence-electron chi connectivity index (χ3n) is 5.65. The van der Waals surface area contributed by atoms with Crippen LogP contribution in [-0.2, 0) is 17.8 Å². The maximum atomic E-state index is 6.19. The van der Waals surface area contributed by atoms with E-state index in [1.807, 2.05) is 6.20 Å². The summed E-state index contributed by atoms with van der Waals surface area (Å²) in [5, 5.41) is 0. The Morgan fingerprint density at radius 3 is 2.65 bits per heavy atom. The van der Waals surface area contributed by atoms with Crippen molar-refractivity contribution >= 4 is 0 Å². The van der Waals surface area contributed by atoms with Gasteiger partial charge in [-0.1, -0.05) is 18.2 Å². The summed E-state index contributed by atoms with van der Waals surface area (Å²) in [6, 6.07) is 12.6. The fraction of sp³-hybridized carbons (Fsp3) is 0.500. The van der Waals surface area contributed by atoms with Crippen LogP contribution in [0.3, 0.4) is 0 Å².